The minimum absolute atomic E-state index is 0.340. The van der Waals surface area contributed by atoms with Crippen molar-refractivity contribution in [3.8, 4) is 0 Å². The second kappa shape index (κ2) is 6.77. The van der Waals surface area contributed by atoms with Crippen LogP contribution in [0.25, 0.3) is 0 Å². The summed E-state index contributed by atoms with van der Waals surface area (Å²) in [6, 6.07) is 7.19. The van der Waals surface area contributed by atoms with Gasteiger partial charge in [0, 0.05) is 32.9 Å². The first-order chi connectivity index (χ1) is 9.95. The van der Waals surface area contributed by atoms with Gasteiger partial charge in [-0.3, -0.25) is 0 Å². The van der Waals surface area contributed by atoms with Gasteiger partial charge in [-0.1, -0.05) is 0 Å². The van der Waals surface area contributed by atoms with Crippen molar-refractivity contribution in [2.75, 3.05) is 38.6 Å². The summed E-state index contributed by atoms with van der Waals surface area (Å²) in [5.41, 5.74) is 6.74. The summed E-state index contributed by atoms with van der Waals surface area (Å²) in [6.07, 6.45) is 3.47. The van der Waals surface area contributed by atoms with Crippen LogP contribution in [0, 0.1) is 5.92 Å². The lowest BCUT2D eigenvalue weighted by molar-refractivity contribution is 0.396. The molecule has 1 aliphatic heterocycles. The zero-order valence-corrected chi connectivity index (χ0v) is 13.6. The topological polar surface area (TPSA) is 66.6 Å². The quantitative estimate of drug-likeness (QED) is 0.895. The number of sulfonamides is 1. The summed E-state index contributed by atoms with van der Waals surface area (Å²) in [4.78, 5) is 2.67. The first-order valence-corrected chi connectivity index (χ1v) is 8.86. The molecule has 0 aliphatic carbocycles. The Morgan fingerprint density at radius 3 is 2.52 bits per heavy atom. The molecule has 1 heterocycles. The molecule has 0 spiro atoms. The van der Waals surface area contributed by atoms with E-state index < -0.39 is 10.0 Å². The molecule has 0 saturated carbocycles. The van der Waals surface area contributed by atoms with Crippen LogP contribution in [-0.4, -0.2) is 46.5 Å². The number of rotatable bonds is 5. The van der Waals surface area contributed by atoms with E-state index in [-0.39, 0.29) is 0 Å². The number of benzene rings is 1. The summed E-state index contributed by atoms with van der Waals surface area (Å²) < 4.78 is 25.3. The maximum Gasteiger partial charge on any atom is 0.242 e. The minimum atomic E-state index is -3.35. The highest BCUT2D eigenvalue weighted by molar-refractivity contribution is 7.89. The van der Waals surface area contributed by atoms with Crippen molar-refractivity contribution in [2.45, 2.75) is 24.2 Å². The van der Waals surface area contributed by atoms with E-state index in [0.717, 1.165) is 31.7 Å². The summed E-state index contributed by atoms with van der Waals surface area (Å²) in [6.45, 7) is 2.77. The van der Waals surface area contributed by atoms with Crippen molar-refractivity contribution in [2.24, 2.45) is 11.7 Å². The van der Waals surface area contributed by atoms with E-state index in [2.05, 4.69) is 4.90 Å². The van der Waals surface area contributed by atoms with Crippen LogP contribution in [0.2, 0.25) is 0 Å². The number of nitrogens with zero attached hydrogens (tertiary/aromatic N) is 2. The van der Waals surface area contributed by atoms with Crippen LogP contribution in [0.1, 0.15) is 19.3 Å². The number of anilines is 1. The normalized spacial score (nSPS) is 20.0. The molecule has 0 aromatic heterocycles. The monoisotopic (exact) mass is 311 g/mol. The van der Waals surface area contributed by atoms with Crippen molar-refractivity contribution >= 4 is 15.7 Å². The SMILES string of the molecule is CN(C)S(=O)(=O)c1ccc(N2CCCC(CCN)C2)cc1. The molecule has 1 atom stereocenters. The molecular weight excluding hydrogens is 286 g/mol. The maximum absolute atomic E-state index is 12.1. The molecule has 1 fully saturated rings. The Balaban J connectivity index is 2.12. The smallest absolute Gasteiger partial charge is 0.242 e. The van der Waals surface area contributed by atoms with E-state index in [1.54, 1.807) is 26.2 Å². The number of hydrogen-bond acceptors (Lipinski definition) is 4. The van der Waals surface area contributed by atoms with Crippen LogP contribution in [0.4, 0.5) is 5.69 Å². The van der Waals surface area contributed by atoms with Crippen LogP contribution in [0.15, 0.2) is 29.2 Å². The van der Waals surface area contributed by atoms with E-state index in [9.17, 15) is 8.42 Å². The lowest BCUT2D eigenvalue weighted by Crippen LogP contribution is -2.36. The highest BCUT2D eigenvalue weighted by Gasteiger charge is 2.21. The van der Waals surface area contributed by atoms with Crippen molar-refractivity contribution in [3.63, 3.8) is 0 Å². The molecule has 1 unspecified atom stereocenters. The van der Waals surface area contributed by atoms with E-state index in [4.69, 9.17) is 5.73 Å². The van der Waals surface area contributed by atoms with E-state index in [1.165, 1.54) is 17.1 Å². The lowest BCUT2D eigenvalue weighted by Gasteiger charge is -2.34. The zero-order chi connectivity index (χ0) is 15.5. The Bertz CT molecular complexity index is 553. The third-order valence-electron chi connectivity index (χ3n) is 4.07. The molecule has 118 valence electrons. The molecule has 0 amide bonds. The van der Waals surface area contributed by atoms with Crippen LogP contribution in [0.3, 0.4) is 0 Å². The molecule has 0 radical (unpaired) electrons. The fraction of sp³-hybridized carbons (Fsp3) is 0.600. The van der Waals surface area contributed by atoms with Gasteiger partial charge in [-0.2, -0.15) is 0 Å². The second-order valence-electron chi connectivity index (χ2n) is 5.81. The molecule has 6 heteroatoms. The largest absolute Gasteiger partial charge is 0.371 e. The van der Waals surface area contributed by atoms with Crippen LogP contribution >= 0.6 is 0 Å². The van der Waals surface area contributed by atoms with Gasteiger partial charge in [-0.05, 0) is 56.0 Å². The Labute approximate surface area is 127 Å². The van der Waals surface area contributed by atoms with Gasteiger partial charge in [0.05, 0.1) is 4.90 Å². The Kier molecular flexibility index (Phi) is 5.24. The number of piperidine rings is 1. The van der Waals surface area contributed by atoms with Crippen molar-refractivity contribution < 1.29 is 8.42 Å². The molecule has 21 heavy (non-hydrogen) atoms. The molecular formula is C15H25N3O2S. The fourth-order valence-corrected chi connectivity index (χ4v) is 3.71. The Morgan fingerprint density at radius 1 is 1.29 bits per heavy atom. The van der Waals surface area contributed by atoms with Gasteiger partial charge in [0.25, 0.3) is 0 Å². The van der Waals surface area contributed by atoms with E-state index in [1.807, 2.05) is 12.1 Å². The number of hydrogen-bond donors (Lipinski definition) is 1. The molecule has 1 saturated heterocycles. The fourth-order valence-electron chi connectivity index (χ4n) is 2.81. The van der Waals surface area contributed by atoms with Gasteiger partial charge in [0.15, 0.2) is 0 Å². The molecule has 2 rings (SSSR count). The van der Waals surface area contributed by atoms with Crippen molar-refractivity contribution in [1.82, 2.24) is 4.31 Å². The molecule has 2 N–H and O–H groups in total. The average molecular weight is 311 g/mol. The van der Waals surface area contributed by atoms with E-state index in [0.29, 0.717) is 10.8 Å². The van der Waals surface area contributed by atoms with Crippen molar-refractivity contribution in [3.05, 3.63) is 24.3 Å². The third kappa shape index (κ3) is 3.75. The predicted molar refractivity (Wildman–Crippen MR) is 85.9 cm³/mol. The second-order valence-corrected chi connectivity index (χ2v) is 7.96. The van der Waals surface area contributed by atoms with Gasteiger partial charge in [0.1, 0.15) is 0 Å². The van der Waals surface area contributed by atoms with Crippen LogP contribution in [0.5, 0.6) is 0 Å². The van der Waals surface area contributed by atoms with Gasteiger partial charge in [-0.25, -0.2) is 12.7 Å². The first-order valence-electron chi connectivity index (χ1n) is 7.42. The lowest BCUT2D eigenvalue weighted by atomic mass is 9.94. The van der Waals surface area contributed by atoms with E-state index >= 15 is 0 Å². The van der Waals surface area contributed by atoms with Crippen molar-refractivity contribution in [1.29, 1.82) is 0 Å². The number of nitrogens with two attached hydrogens (primary N) is 1. The van der Waals surface area contributed by atoms with Gasteiger partial charge in [-0.15, -0.1) is 0 Å². The molecule has 1 aromatic rings. The molecule has 0 bridgehead atoms. The predicted octanol–water partition coefficient (Wildman–Crippen LogP) is 1.50. The third-order valence-corrected chi connectivity index (χ3v) is 5.90. The summed E-state index contributed by atoms with van der Waals surface area (Å²) in [7, 11) is -0.252. The average Bonchev–Trinajstić information content (AvgIpc) is 2.48. The summed E-state index contributed by atoms with van der Waals surface area (Å²) >= 11 is 0. The molecule has 1 aromatic carbocycles. The maximum atomic E-state index is 12.1. The highest BCUT2D eigenvalue weighted by atomic mass is 32.2. The van der Waals surface area contributed by atoms with Gasteiger partial charge < -0.3 is 10.6 Å². The van der Waals surface area contributed by atoms with Gasteiger partial charge >= 0.3 is 0 Å². The Hall–Kier alpha value is -1.11. The molecule has 1 aliphatic rings. The minimum Gasteiger partial charge on any atom is -0.371 e. The van der Waals surface area contributed by atoms with Crippen LogP contribution < -0.4 is 10.6 Å². The first kappa shape index (κ1) is 16.3. The summed E-state index contributed by atoms with van der Waals surface area (Å²) in [5, 5.41) is 0. The summed E-state index contributed by atoms with van der Waals surface area (Å²) in [5.74, 6) is 0.647. The standard InChI is InChI=1S/C15H25N3O2S/c1-17(2)21(19,20)15-7-5-14(6-8-15)18-11-3-4-13(12-18)9-10-16/h5-8,13H,3-4,9-12,16H2,1-2H3. The van der Waals surface area contributed by atoms with Gasteiger partial charge in [0.2, 0.25) is 10.0 Å². The molecule has 5 nitrogen and oxygen atoms in total. The highest BCUT2D eigenvalue weighted by Crippen LogP contribution is 2.26. The van der Waals surface area contributed by atoms with Crippen LogP contribution in [-0.2, 0) is 10.0 Å². The Morgan fingerprint density at radius 2 is 1.95 bits per heavy atom. The zero-order valence-electron chi connectivity index (χ0n) is 12.8.